The van der Waals surface area contributed by atoms with Crippen molar-refractivity contribution in [3.8, 4) is 0 Å². The molecule has 7 nitrogen and oxygen atoms in total. The van der Waals surface area contributed by atoms with Gasteiger partial charge in [0.1, 0.15) is 12.4 Å². The molecule has 0 radical (unpaired) electrons. The minimum absolute atomic E-state index is 0.0321. The molecule has 0 atom stereocenters. The molecule has 0 saturated carbocycles. The Morgan fingerprint density at radius 2 is 1.83 bits per heavy atom. The summed E-state index contributed by atoms with van der Waals surface area (Å²) >= 11 is 0. The van der Waals surface area contributed by atoms with E-state index in [0.29, 0.717) is 12.4 Å². The van der Waals surface area contributed by atoms with Crippen LogP contribution in [-0.2, 0) is 17.9 Å². The minimum Gasteiger partial charge on any atom is -0.309 e. The van der Waals surface area contributed by atoms with Crippen LogP contribution in [0.15, 0.2) is 41.3 Å². The molecule has 7 heteroatoms. The highest BCUT2D eigenvalue weighted by molar-refractivity contribution is 5.90. The summed E-state index contributed by atoms with van der Waals surface area (Å²) in [5, 5.41) is 7.02. The third kappa shape index (κ3) is 2.73. The van der Waals surface area contributed by atoms with Gasteiger partial charge in [-0.05, 0) is 32.9 Å². The third-order valence-corrected chi connectivity index (χ3v) is 3.97. The summed E-state index contributed by atoms with van der Waals surface area (Å²) in [5.74, 6) is 0.376. The molecule has 0 unspecified atom stereocenters. The first-order valence-corrected chi connectivity index (χ1v) is 8.04. The van der Waals surface area contributed by atoms with Gasteiger partial charge in [0.15, 0.2) is 0 Å². The molecule has 0 aliphatic rings. The van der Waals surface area contributed by atoms with Gasteiger partial charge in [0, 0.05) is 18.7 Å². The van der Waals surface area contributed by atoms with E-state index in [2.05, 4.69) is 10.4 Å². The molecule has 126 valence electrons. The lowest BCUT2D eigenvalue weighted by Crippen LogP contribution is -2.29. The van der Waals surface area contributed by atoms with E-state index in [1.54, 1.807) is 21.5 Å². The van der Waals surface area contributed by atoms with E-state index < -0.39 is 0 Å². The molecule has 3 aromatic rings. The first-order chi connectivity index (χ1) is 11.5. The number of hydrogen-bond donors (Lipinski definition) is 1. The number of imidazole rings is 1. The predicted molar refractivity (Wildman–Crippen MR) is 93.1 cm³/mol. The van der Waals surface area contributed by atoms with E-state index in [-0.39, 0.29) is 24.2 Å². The number of aryl methyl sites for hydroxylation is 1. The van der Waals surface area contributed by atoms with Crippen molar-refractivity contribution in [2.45, 2.75) is 39.9 Å². The van der Waals surface area contributed by atoms with Gasteiger partial charge in [0.05, 0.1) is 17.2 Å². The van der Waals surface area contributed by atoms with Crippen LogP contribution < -0.4 is 11.0 Å². The Balaban J connectivity index is 1.90. The summed E-state index contributed by atoms with van der Waals surface area (Å²) in [6, 6.07) is 9.39. The molecule has 0 aliphatic carbocycles. The number of para-hydroxylation sites is 2. The highest BCUT2D eigenvalue weighted by Crippen LogP contribution is 2.15. The summed E-state index contributed by atoms with van der Waals surface area (Å²) < 4.78 is 4.90. The Kier molecular flexibility index (Phi) is 4.24. The molecule has 2 heterocycles. The number of benzene rings is 1. The molecule has 24 heavy (non-hydrogen) atoms. The maximum atomic E-state index is 12.6. The van der Waals surface area contributed by atoms with Gasteiger partial charge in [0.2, 0.25) is 5.91 Å². The second-order valence-electron chi connectivity index (χ2n) is 5.90. The lowest BCUT2D eigenvalue weighted by molar-refractivity contribution is -0.116. The van der Waals surface area contributed by atoms with Gasteiger partial charge in [-0.3, -0.25) is 13.9 Å². The average Bonchev–Trinajstić information content (AvgIpc) is 3.11. The van der Waals surface area contributed by atoms with Crippen molar-refractivity contribution < 1.29 is 4.79 Å². The van der Waals surface area contributed by atoms with Crippen molar-refractivity contribution in [3.63, 3.8) is 0 Å². The maximum absolute atomic E-state index is 12.6. The quantitative estimate of drug-likeness (QED) is 0.781. The van der Waals surface area contributed by atoms with Crippen molar-refractivity contribution >= 4 is 22.8 Å². The summed E-state index contributed by atoms with van der Waals surface area (Å²) in [7, 11) is 0. The molecule has 0 bridgehead atoms. The zero-order valence-corrected chi connectivity index (χ0v) is 14.1. The van der Waals surface area contributed by atoms with E-state index in [9.17, 15) is 9.59 Å². The van der Waals surface area contributed by atoms with Crippen molar-refractivity contribution in [2.75, 3.05) is 5.32 Å². The minimum atomic E-state index is -0.251. The predicted octanol–water partition coefficient (Wildman–Crippen LogP) is 2.24. The summed E-state index contributed by atoms with van der Waals surface area (Å²) in [6.07, 6.45) is 1.64. The molecule has 0 fully saturated rings. The van der Waals surface area contributed by atoms with E-state index in [1.165, 1.54) is 4.57 Å². The Bertz CT molecular complexity index is 932. The average molecular weight is 327 g/mol. The van der Waals surface area contributed by atoms with Crippen LogP contribution in [0.4, 0.5) is 5.82 Å². The Morgan fingerprint density at radius 3 is 2.46 bits per heavy atom. The monoisotopic (exact) mass is 327 g/mol. The molecule has 1 aromatic carbocycles. The molecule has 0 saturated heterocycles. The molecule has 1 amide bonds. The fourth-order valence-corrected chi connectivity index (χ4v) is 2.88. The number of aromatic nitrogens is 4. The number of anilines is 1. The lowest BCUT2D eigenvalue weighted by atomic mass is 10.3. The number of nitrogens with one attached hydrogen (secondary N) is 1. The second-order valence-corrected chi connectivity index (χ2v) is 5.90. The summed E-state index contributed by atoms with van der Waals surface area (Å²) in [5.41, 5.74) is 1.42. The fraction of sp³-hybridized carbons (Fsp3) is 0.353. The fourth-order valence-electron chi connectivity index (χ4n) is 2.88. The normalized spacial score (nSPS) is 11.3. The van der Waals surface area contributed by atoms with Gasteiger partial charge >= 0.3 is 5.69 Å². The van der Waals surface area contributed by atoms with Gasteiger partial charge in [-0.1, -0.05) is 12.1 Å². The highest BCUT2D eigenvalue weighted by Gasteiger charge is 2.15. The van der Waals surface area contributed by atoms with E-state index in [1.807, 2.05) is 45.0 Å². The molecule has 0 spiro atoms. The Morgan fingerprint density at radius 1 is 1.17 bits per heavy atom. The number of nitrogens with zero attached hydrogens (tertiary/aromatic N) is 4. The SMILES string of the molecule is CCn1c(=O)n(CC(=O)Nc2ccnn2C(C)C)c2ccccc21. The van der Waals surface area contributed by atoms with Crippen LogP contribution in [0.1, 0.15) is 26.8 Å². The number of carbonyl (C=O) groups excluding carboxylic acids is 1. The second kappa shape index (κ2) is 6.35. The molecular formula is C17H21N5O2. The first-order valence-electron chi connectivity index (χ1n) is 8.04. The number of fused-ring (bicyclic) bond motifs is 1. The molecular weight excluding hydrogens is 306 g/mol. The van der Waals surface area contributed by atoms with Crippen molar-refractivity contribution in [3.05, 3.63) is 47.0 Å². The van der Waals surface area contributed by atoms with Crippen molar-refractivity contribution in [1.82, 2.24) is 18.9 Å². The molecule has 0 aliphatic heterocycles. The van der Waals surface area contributed by atoms with Crippen LogP contribution in [0, 0.1) is 0 Å². The van der Waals surface area contributed by atoms with Gasteiger partial charge < -0.3 is 5.32 Å². The molecule has 1 N–H and O–H groups in total. The van der Waals surface area contributed by atoms with Crippen LogP contribution in [0.25, 0.3) is 11.0 Å². The number of rotatable bonds is 5. The van der Waals surface area contributed by atoms with Crippen LogP contribution in [0.5, 0.6) is 0 Å². The first kappa shape index (κ1) is 16.0. The molecule has 3 rings (SSSR count). The number of hydrogen-bond acceptors (Lipinski definition) is 3. The standard InChI is InChI=1S/C17H21N5O2/c1-4-20-13-7-5-6-8-14(13)21(17(20)24)11-16(23)19-15-9-10-18-22(15)12(2)3/h5-10,12H,4,11H2,1-3H3,(H,19,23). The topological polar surface area (TPSA) is 73.8 Å². The third-order valence-electron chi connectivity index (χ3n) is 3.97. The Labute approximate surface area is 139 Å². The van der Waals surface area contributed by atoms with Crippen molar-refractivity contribution in [2.24, 2.45) is 0 Å². The van der Waals surface area contributed by atoms with Crippen LogP contribution >= 0.6 is 0 Å². The van der Waals surface area contributed by atoms with E-state index in [4.69, 9.17) is 0 Å². The maximum Gasteiger partial charge on any atom is 0.329 e. The smallest absolute Gasteiger partial charge is 0.309 e. The highest BCUT2D eigenvalue weighted by atomic mass is 16.2. The zero-order valence-electron chi connectivity index (χ0n) is 14.1. The van der Waals surface area contributed by atoms with Crippen LogP contribution in [0.2, 0.25) is 0 Å². The largest absolute Gasteiger partial charge is 0.329 e. The molecule has 2 aromatic heterocycles. The van der Waals surface area contributed by atoms with E-state index in [0.717, 1.165) is 11.0 Å². The van der Waals surface area contributed by atoms with Crippen LogP contribution in [0.3, 0.4) is 0 Å². The Hall–Kier alpha value is -2.83. The van der Waals surface area contributed by atoms with Gasteiger partial charge in [-0.25, -0.2) is 9.48 Å². The summed E-state index contributed by atoms with van der Waals surface area (Å²) in [4.78, 5) is 25.0. The zero-order chi connectivity index (χ0) is 17.3. The summed E-state index contributed by atoms with van der Waals surface area (Å²) in [6.45, 7) is 6.42. The van der Waals surface area contributed by atoms with E-state index >= 15 is 0 Å². The lowest BCUT2D eigenvalue weighted by Gasteiger charge is -2.12. The van der Waals surface area contributed by atoms with Gasteiger partial charge in [-0.15, -0.1) is 0 Å². The number of amides is 1. The van der Waals surface area contributed by atoms with Crippen LogP contribution in [-0.4, -0.2) is 24.8 Å². The van der Waals surface area contributed by atoms with Crippen molar-refractivity contribution in [1.29, 1.82) is 0 Å². The van der Waals surface area contributed by atoms with Gasteiger partial charge in [0.25, 0.3) is 0 Å². The number of carbonyl (C=O) groups is 1. The van der Waals surface area contributed by atoms with Gasteiger partial charge in [-0.2, -0.15) is 5.10 Å².